The third kappa shape index (κ3) is 4.14. The number of benzene rings is 1. The molecule has 3 aromatic rings. The van der Waals surface area contributed by atoms with Crippen LogP contribution in [0.5, 0.6) is 11.8 Å². The van der Waals surface area contributed by atoms with Crippen molar-refractivity contribution in [2.24, 2.45) is 5.41 Å². The second-order valence-corrected chi connectivity index (χ2v) is 14.4. The number of pyridine rings is 1. The predicted molar refractivity (Wildman–Crippen MR) is 159 cm³/mol. The van der Waals surface area contributed by atoms with E-state index >= 15 is 4.39 Å². The first-order valence-corrected chi connectivity index (χ1v) is 16.1. The molecule has 47 heavy (non-hydrogen) atoms. The lowest BCUT2D eigenvalue weighted by Crippen LogP contribution is -2.62. The van der Waals surface area contributed by atoms with E-state index in [-0.39, 0.29) is 78.4 Å². The Balaban J connectivity index is 1.22. The lowest BCUT2D eigenvalue weighted by molar-refractivity contribution is -0.137. The molecule has 1 spiro atoms. The van der Waals surface area contributed by atoms with Crippen molar-refractivity contribution in [2.75, 3.05) is 36.9 Å². The molecule has 1 aromatic carbocycles. The predicted octanol–water partition coefficient (Wildman–Crippen LogP) is 5.43. The zero-order valence-electron chi connectivity index (χ0n) is 25.1. The number of alkyl halides is 5. The van der Waals surface area contributed by atoms with E-state index in [0.717, 1.165) is 25.0 Å². The van der Waals surface area contributed by atoms with Gasteiger partial charge in [-0.25, -0.2) is 18.2 Å². The Morgan fingerprint density at radius 1 is 1.17 bits per heavy atom. The van der Waals surface area contributed by atoms with Crippen LogP contribution in [0, 0.1) is 11.2 Å². The Morgan fingerprint density at radius 3 is 2.66 bits per heavy atom. The van der Waals surface area contributed by atoms with Crippen LogP contribution in [0.25, 0.3) is 22.2 Å². The highest BCUT2D eigenvalue weighted by molar-refractivity contribution is 6.36. The number of halogens is 7. The van der Waals surface area contributed by atoms with Gasteiger partial charge in [-0.15, -0.1) is 0 Å². The van der Waals surface area contributed by atoms with Gasteiger partial charge in [0.25, 0.3) is 5.92 Å². The third-order valence-corrected chi connectivity index (χ3v) is 11.6. The van der Waals surface area contributed by atoms with Crippen LogP contribution in [-0.4, -0.2) is 81.8 Å². The Labute approximate surface area is 269 Å². The highest BCUT2D eigenvalue weighted by Gasteiger charge is 2.78. The fourth-order valence-corrected chi connectivity index (χ4v) is 9.18. The molecule has 2 bridgehead atoms. The van der Waals surface area contributed by atoms with E-state index in [1.807, 2.05) is 16.7 Å². The summed E-state index contributed by atoms with van der Waals surface area (Å²) in [6.07, 6.45) is -2.93. The molecule has 1 aliphatic carbocycles. The maximum absolute atomic E-state index is 16.9. The summed E-state index contributed by atoms with van der Waals surface area (Å²) in [5.74, 6) is -3.93. The van der Waals surface area contributed by atoms with Crippen LogP contribution in [0.4, 0.5) is 38.0 Å². The molecule has 2 aromatic heterocycles. The third-order valence-electron chi connectivity index (χ3n) is 11.3. The molecule has 4 saturated heterocycles. The van der Waals surface area contributed by atoms with E-state index in [0.29, 0.717) is 19.5 Å². The average molecular weight is 682 g/mol. The summed E-state index contributed by atoms with van der Waals surface area (Å²) in [6.45, 7) is 3.28. The maximum Gasteiger partial charge on any atom is 0.418 e. The lowest BCUT2D eigenvalue weighted by atomic mass is 9.83. The Bertz CT molecular complexity index is 1860. The summed E-state index contributed by atoms with van der Waals surface area (Å²) < 4.78 is 101. The largest absolute Gasteiger partial charge is 0.486 e. The van der Waals surface area contributed by atoms with Gasteiger partial charge in [-0.1, -0.05) is 11.6 Å². The molecule has 5 aliphatic heterocycles. The van der Waals surface area contributed by atoms with Crippen LogP contribution in [0.15, 0.2) is 12.1 Å². The second kappa shape index (κ2) is 9.44. The fraction of sp³-hybridized carbons (Fsp3) is 0.581. The van der Waals surface area contributed by atoms with Crippen molar-refractivity contribution in [3.8, 4) is 23.0 Å². The first kappa shape index (κ1) is 29.8. The summed E-state index contributed by atoms with van der Waals surface area (Å²) >= 11 is 6.81. The number of rotatable bonds is 4. The van der Waals surface area contributed by atoms with Crippen molar-refractivity contribution < 1.29 is 35.8 Å². The van der Waals surface area contributed by atoms with E-state index in [1.54, 1.807) is 0 Å². The number of hydrogen-bond acceptors (Lipinski definition) is 9. The normalized spacial score (nSPS) is 33.3. The smallest absolute Gasteiger partial charge is 0.418 e. The SMILES string of the molecule is C[C@@H]1Oc2c(Cl)c(-c3nc(N)ccc3C(F)(F)F)c(F)c3nc(OC[C@@]45CCN4C[C@@]4(CC4(F)F)C5)nc(c23)N2C[C@H]3CC[C@H](N3)[C@@H]12. The number of hydrogen-bond donors (Lipinski definition) is 2. The molecule has 1 saturated carbocycles. The second-order valence-electron chi connectivity index (χ2n) is 14.1. The van der Waals surface area contributed by atoms with Crippen molar-refractivity contribution in [2.45, 2.75) is 80.9 Å². The molecule has 0 amide bonds. The summed E-state index contributed by atoms with van der Waals surface area (Å²) in [4.78, 5) is 17.1. The number of piperazine rings is 1. The quantitative estimate of drug-likeness (QED) is 0.350. The summed E-state index contributed by atoms with van der Waals surface area (Å²) in [6, 6.07) is 1.34. The number of nitrogens with one attached hydrogen (secondary N) is 1. The Kier molecular flexibility index (Phi) is 5.99. The molecule has 9 nitrogen and oxygen atoms in total. The lowest BCUT2D eigenvalue weighted by Gasteiger charge is -2.47. The van der Waals surface area contributed by atoms with Crippen LogP contribution in [-0.2, 0) is 6.18 Å². The molecular formula is C31H30ClF6N7O2. The van der Waals surface area contributed by atoms with E-state index in [1.165, 1.54) is 0 Å². The van der Waals surface area contributed by atoms with Crippen LogP contribution in [0.1, 0.15) is 44.6 Å². The molecule has 0 radical (unpaired) electrons. The van der Waals surface area contributed by atoms with Gasteiger partial charge in [-0.2, -0.15) is 23.1 Å². The molecule has 5 fully saturated rings. The minimum atomic E-state index is -4.91. The molecule has 9 rings (SSSR count). The van der Waals surface area contributed by atoms with Crippen molar-refractivity contribution in [3.63, 3.8) is 0 Å². The van der Waals surface area contributed by atoms with Gasteiger partial charge >= 0.3 is 12.2 Å². The van der Waals surface area contributed by atoms with Gasteiger partial charge < -0.3 is 25.4 Å². The molecule has 7 heterocycles. The van der Waals surface area contributed by atoms with Crippen molar-refractivity contribution >= 4 is 34.1 Å². The van der Waals surface area contributed by atoms with Gasteiger partial charge in [0.2, 0.25) is 0 Å². The van der Waals surface area contributed by atoms with Gasteiger partial charge in [-0.05, 0) is 44.7 Å². The van der Waals surface area contributed by atoms with Gasteiger partial charge in [0.1, 0.15) is 29.9 Å². The number of ether oxygens (including phenoxy) is 2. The maximum atomic E-state index is 16.9. The number of nitrogen functional groups attached to an aromatic ring is 1. The molecule has 0 unspecified atom stereocenters. The number of nitrogens with zero attached hydrogens (tertiary/aromatic N) is 5. The van der Waals surface area contributed by atoms with Crippen molar-refractivity contribution in [1.82, 2.24) is 25.2 Å². The van der Waals surface area contributed by atoms with Crippen LogP contribution in [0.3, 0.4) is 0 Å². The van der Waals surface area contributed by atoms with Gasteiger partial charge in [0.05, 0.1) is 44.2 Å². The minimum Gasteiger partial charge on any atom is -0.486 e. The summed E-state index contributed by atoms with van der Waals surface area (Å²) in [7, 11) is 0. The van der Waals surface area contributed by atoms with E-state index < -0.39 is 56.8 Å². The van der Waals surface area contributed by atoms with Gasteiger partial charge in [0, 0.05) is 38.1 Å². The highest BCUT2D eigenvalue weighted by atomic mass is 35.5. The van der Waals surface area contributed by atoms with E-state index in [2.05, 4.69) is 15.3 Å². The fourth-order valence-electron chi connectivity index (χ4n) is 8.86. The number of nitrogens with two attached hydrogens (primary N) is 1. The Hall–Kier alpha value is -3.30. The molecular weight excluding hydrogens is 652 g/mol. The van der Waals surface area contributed by atoms with Gasteiger partial charge in [-0.3, -0.25) is 4.90 Å². The number of aromatic nitrogens is 3. The average Bonchev–Trinajstić information content (AvgIpc) is 3.25. The van der Waals surface area contributed by atoms with E-state index in [9.17, 15) is 22.0 Å². The molecule has 6 aliphatic rings. The number of anilines is 2. The van der Waals surface area contributed by atoms with E-state index in [4.69, 9.17) is 31.8 Å². The molecule has 16 heteroatoms. The number of fused-ring (bicyclic) bond motifs is 6. The Morgan fingerprint density at radius 2 is 1.96 bits per heavy atom. The minimum absolute atomic E-state index is 0.000251. The monoisotopic (exact) mass is 681 g/mol. The molecule has 6 atom stereocenters. The summed E-state index contributed by atoms with van der Waals surface area (Å²) in [5, 5.41) is 3.29. The van der Waals surface area contributed by atoms with Crippen LogP contribution < -0.4 is 25.4 Å². The molecule has 3 N–H and O–H groups in total. The van der Waals surface area contributed by atoms with Gasteiger partial charge in [0.15, 0.2) is 11.6 Å². The zero-order chi connectivity index (χ0) is 32.8. The first-order valence-electron chi connectivity index (χ1n) is 15.7. The molecule has 250 valence electrons. The first-order chi connectivity index (χ1) is 22.2. The van der Waals surface area contributed by atoms with Crippen LogP contribution in [0.2, 0.25) is 5.02 Å². The zero-order valence-corrected chi connectivity index (χ0v) is 25.9. The van der Waals surface area contributed by atoms with Crippen molar-refractivity contribution in [1.29, 1.82) is 0 Å². The standard InChI is InChI=1S/C31H30ClF6N7O2/c1-13-24-16-4-2-14(40-16)8-45(24)26-19-23(42-27(43-26)46-12-29-6-7-44(29)11-28(9-29)10-30(28,34)35)21(33)18(20(32)25(19)47-13)22-15(31(36,37)38)3-5-17(39)41-22/h3,5,13-14,16,24,40H,2,4,6-12H2,1H3,(H2,39,41)/t13-,14+,16-,24+,28-,29-/m0/s1. The topological polar surface area (TPSA) is 102 Å². The van der Waals surface area contributed by atoms with Crippen LogP contribution >= 0.6 is 11.6 Å². The summed E-state index contributed by atoms with van der Waals surface area (Å²) in [5.41, 5.74) is 1.07. The highest BCUT2D eigenvalue weighted by Crippen LogP contribution is 2.70. The van der Waals surface area contributed by atoms with Crippen molar-refractivity contribution in [3.05, 3.63) is 28.5 Å².